The van der Waals surface area contributed by atoms with Gasteiger partial charge in [0.1, 0.15) is 52.6 Å². The fraction of sp³-hybridized carbons (Fsp3) is 0.0909. The van der Waals surface area contributed by atoms with Crippen LogP contribution in [0.2, 0.25) is 0 Å². The third kappa shape index (κ3) is 8.04. The molecule has 7 rings (SSSR count). The van der Waals surface area contributed by atoms with Gasteiger partial charge in [-0.05, 0) is 46.1 Å². The van der Waals surface area contributed by atoms with Crippen LogP contribution in [-0.4, -0.2) is 33.9 Å². The van der Waals surface area contributed by atoms with Crippen molar-refractivity contribution in [2.75, 3.05) is 23.7 Å². The number of halogens is 2. The number of aryl methyl sites for hydroxylation is 1. The van der Waals surface area contributed by atoms with E-state index in [0.717, 1.165) is 32.6 Å². The smallest absolute Gasteiger partial charge is 0.146 e. The van der Waals surface area contributed by atoms with Gasteiger partial charge in [0.05, 0.1) is 27.5 Å². The summed E-state index contributed by atoms with van der Waals surface area (Å²) in [7, 11) is 0. The van der Waals surface area contributed by atoms with Crippen LogP contribution in [0.15, 0.2) is 148 Å². The number of nitrogens with zero attached hydrogens (tertiary/aromatic N) is 7. The van der Waals surface area contributed by atoms with Gasteiger partial charge in [-0.3, -0.25) is 5.01 Å². The Morgan fingerprint density at radius 1 is 0.895 bits per heavy atom. The lowest BCUT2D eigenvalue weighted by Crippen LogP contribution is -2.38. The summed E-state index contributed by atoms with van der Waals surface area (Å²) in [5.41, 5.74) is 10.9. The summed E-state index contributed by atoms with van der Waals surface area (Å²) < 4.78 is 3.10. The van der Waals surface area contributed by atoms with Gasteiger partial charge >= 0.3 is 0 Å². The number of hydrogen-bond donors (Lipinski definition) is 4. The molecule has 4 N–H and O–H groups in total. The van der Waals surface area contributed by atoms with Crippen LogP contribution in [0.25, 0.3) is 22.2 Å². The fourth-order valence-electron chi connectivity index (χ4n) is 6.43. The molecule has 1 atom stereocenters. The Morgan fingerprint density at radius 3 is 2.18 bits per heavy atom. The number of hydrogen-bond acceptors (Lipinski definition) is 10. The van der Waals surface area contributed by atoms with Gasteiger partial charge in [-0.15, -0.1) is 0 Å². The molecule has 57 heavy (non-hydrogen) atoms. The maximum Gasteiger partial charge on any atom is 0.146 e. The molecular formula is C44H33Br2N11. The summed E-state index contributed by atoms with van der Waals surface area (Å²) in [5.74, 6) is 0.889. The number of para-hydroxylation sites is 1. The predicted octanol–water partition coefficient (Wildman–Crippen LogP) is 9.49. The molecule has 278 valence electrons. The van der Waals surface area contributed by atoms with Crippen LogP contribution in [0.1, 0.15) is 22.3 Å². The van der Waals surface area contributed by atoms with Crippen molar-refractivity contribution in [3.8, 4) is 35.4 Å². The molecule has 13 heteroatoms. The molecule has 5 aromatic rings. The van der Waals surface area contributed by atoms with Crippen LogP contribution in [0.5, 0.6) is 0 Å². The van der Waals surface area contributed by atoms with Crippen molar-refractivity contribution < 1.29 is 0 Å². The lowest BCUT2D eigenvalue weighted by molar-refractivity contribution is 0.361. The second-order valence-corrected chi connectivity index (χ2v) is 14.4. The Morgan fingerprint density at radius 2 is 1.56 bits per heavy atom. The monoisotopic (exact) mass is 873 g/mol. The minimum atomic E-state index is -0.193. The van der Waals surface area contributed by atoms with Crippen LogP contribution in [0.3, 0.4) is 0 Å². The van der Waals surface area contributed by atoms with Gasteiger partial charge in [-0.25, -0.2) is 9.94 Å². The van der Waals surface area contributed by atoms with E-state index in [2.05, 4.69) is 83.9 Å². The molecule has 3 aromatic carbocycles. The Labute approximate surface area is 347 Å². The highest BCUT2D eigenvalue weighted by Crippen LogP contribution is 2.43. The maximum absolute atomic E-state index is 10.0. The van der Waals surface area contributed by atoms with Crippen LogP contribution in [0, 0.1) is 63.6 Å². The highest BCUT2D eigenvalue weighted by Gasteiger charge is 2.37. The molecule has 0 bridgehead atoms. The highest BCUT2D eigenvalue weighted by atomic mass is 79.9. The zero-order valence-electron chi connectivity index (χ0n) is 30.6. The Bertz CT molecular complexity index is 2660. The van der Waals surface area contributed by atoms with Gasteiger partial charge in [0.25, 0.3) is 0 Å². The third-order valence-corrected chi connectivity index (χ3v) is 10.3. The first kappa shape index (κ1) is 39.7. The van der Waals surface area contributed by atoms with Crippen LogP contribution in [0.4, 0.5) is 11.5 Å². The van der Waals surface area contributed by atoms with Crippen molar-refractivity contribution in [3.63, 3.8) is 0 Å². The largest absolute Gasteiger partial charge is 0.368 e. The zero-order valence-corrected chi connectivity index (χ0v) is 33.7. The fourth-order valence-corrected chi connectivity index (χ4v) is 7.39. The number of fused-ring (bicyclic) bond motifs is 2. The molecule has 11 nitrogen and oxygen atoms in total. The Hall–Kier alpha value is -7.00. The van der Waals surface area contributed by atoms with Crippen molar-refractivity contribution in [1.29, 1.82) is 26.5 Å². The van der Waals surface area contributed by atoms with Crippen LogP contribution >= 0.6 is 31.9 Å². The molecule has 0 radical (unpaired) electrons. The van der Waals surface area contributed by atoms with Crippen molar-refractivity contribution in [2.24, 2.45) is 5.92 Å². The predicted molar refractivity (Wildman–Crippen MR) is 230 cm³/mol. The molecule has 0 saturated carbocycles. The van der Waals surface area contributed by atoms with Gasteiger partial charge in [0, 0.05) is 46.5 Å². The first-order valence-electron chi connectivity index (χ1n) is 17.5. The van der Waals surface area contributed by atoms with Gasteiger partial charge < -0.3 is 16.0 Å². The van der Waals surface area contributed by atoms with Gasteiger partial charge in [-0.1, -0.05) is 119 Å². The van der Waals surface area contributed by atoms with E-state index >= 15 is 0 Å². The molecular weight excluding hydrogens is 842 g/mol. The Kier molecular flexibility index (Phi) is 12.6. The maximum atomic E-state index is 10.0. The first-order valence-corrected chi connectivity index (χ1v) is 19.1. The average molecular weight is 876 g/mol. The second-order valence-electron chi connectivity index (χ2n) is 12.6. The summed E-state index contributed by atoms with van der Waals surface area (Å²) in [4.78, 5) is 0. The van der Waals surface area contributed by atoms with E-state index in [-0.39, 0.29) is 5.92 Å². The summed E-state index contributed by atoms with van der Waals surface area (Å²) in [5, 5.41) is 60.3. The van der Waals surface area contributed by atoms with Crippen molar-refractivity contribution >= 4 is 60.7 Å². The molecule has 1 unspecified atom stereocenters. The van der Waals surface area contributed by atoms with E-state index in [9.17, 15) is 21.0 Å². The number of benzene rings is 3. The SMILES string of the molecule is C=CC=CC(C=N)CNc1c(C#N)c(-c2ccc(C)cc2)c(C#N)c2c(Br)cnn12.N#CC1=C(c2ccccc2)C(C#N)=C(Nc2ccccc2)N2NCC(Br)=C12. The molecule has 0 aliphatic carbocycles. The minimum absolute atomic E-state index is 0.193. The summed E-state index contributed by atoms with van der Waals surface area (Å²) in [6, 6.07) is 36.0. The molecule has 0 spiro atoms. The molecule has 2 aromatic heterocycles. The topological polar surface area (TPSA) is 176 Å². The average Bonchev–Trinajstić information content (AvgIpc) is 3.83. The summed E-state index contributed by atoms with van der Waals surface area (Å²) >= 11 is 7.05. The highest BCUT2D eigenvalue weighted by molar-refractivity contribution is 9.11. The van der Waals surface area contributed by atoms with E-state index in [0.29, 0.717) is 68.1 Å². The lowest BCUT2D eigenvalue weighted by Gasteiger charge is -2.32. The third-order valence-electron chi connectivity index (χ3n) is 9.08. The number of nitrogens with one attached hydrogen (secondary N) is 4. The van der Waals surface area contributed by atoms with E-state index in [1.165, 1.54) is 6.21 Å². The first-order chi connectivity index (χ1) is 27.8. The van der Waals surface area contributed by atoms with Crippen molar-refractivity contribution in [1.82, 2.24) is 20.0 Å². The normalized spacial score (nSPS) is 13.8. The van der Waals surface area contributed by atoms with Gasteiger partial charge in [0.2, 0.25) is 0 Å². The van der Waals surface area contributed by atoms with Crippen molar-refractivity contribution in [3.05, 3.63) is 170 Å². The number of nitriles is 4. The number of aromatic nitrogens is 2. The van der Waals surface area contributed by atoms with E-state index < -0.39 is 0 Å². The standard InChI is InChI=1S/C23H19BrN6.C21H14BrN5/c1-3-4-5-16(10-25)13-28-23-19(12-27)21(17-8-6-15(2)7-9-17)18(11-26)22-20(24)14-29-30(22)23;22-18-13-25-27-20(18)16(11-23)19(14-7-3-1-4-8-14)17(12-24)21(27)26-15-9-5-2-6-10-15/h3-10,14,16,25,28H,1,13H2,2H3;1-10,25-26H,13H2. The molecule has 2 aliphatic rings. The molecule has 0 fully saturated rings. The zero-order chi connectivity index (χ0) is 40.5. The molecule has 4 heterocycles. The lowest BCUT2D eigenvalue weighted by atomic mass is 9.89. The molecule has 2 aliphatic heterocycles. The summed E-state index contributed by atoms with van der Waals surface area (Å²) in [6.07, 6.45) is 8.20. The van der Waals surface area contributed by atoms with E-state index in [1.54, 1.807) is 27.9 Å². The number of pyridine rings is 1. The minimum Gasteiger partial charge on any atom is -0.368 e. The second kappa shape index (κ2) is 18.1. The number of hydrazine groups is 1. The summed E-state index contributed by atoms with van der Waals surface area (Å²) in [6.45, 7) is 6.56. The van der Waals surface area contributed by atoms with Crippen LogP contribution in [-0.2, 0) is 0 Å². The van der Waals surface area contributed by atoms with E-state index in [4.69, 9.17) is 5.41 Å². The number of rotatable bonds is 10. The Balaban J connectivity index is 0.000000194. The molecule has 0 amide bonds. The van der Waals surface area contributed by atoms with Gasteiger partial charge in [-0.2, -0.15) is 26.1 Å². The van der Waals surface area contributed by atoms with E-state index in [1.807, 2.05) is 97.9 Å². The number of allylic oxidation sites excluding steroid dienone is 5. The van der Waals surface area contributed by atoms with Crippen LogP contribution < -0.4 is 16.1 Å². The number of anilines is 2. The quantitative estimate of drug-likeness (QED) is 0.0787. The van der Waals surface area contributed by atoms with Crippen molar-refractivity contribution in [2.45, 2.75) is 6.92 Å². The van der Waals surface area contributed by atoms with Gasteiger partial charge in [0.15, 0.2) is 0 Å². The molecule has 0 saturated heterocycles.